The minimum absolute atomic E-state index is 0.0251. The molecule has 0 aromatic heterocycles. The van der Waals surface area contributed by atoms with Crippen LogP contribution in [0.4, 0.5) is 0 Å². The molecule has 0 radical (unpaired) electrons. The Hall–Kier alpha value is -2.62. The maximum absolute atomic E-state index is 14.2. The zero-order valence-electron chi connectivity index (χ0n) is 32.5. The van der Waals surface area contributed by atoms with E-state index in [1.165, 1.54) is 0 Å². The first-order valence-corrected chi connectivity index (χ1v) is 19.2. The molecule has 2 aliphatic heterocycles. The van der Waals surface area contributed by atoms with E-state index in [0.717, 1.165) is 51.5 Å². The molecule has 282 valence electrons. The number of carbonyl (C=O) groups excluding carboxylic acids is 4. The summed E-state index contributed by atoms with van der Waals surface area (Å²) in [6.07, 6.45) is 18.2. The van der Waals surface area contributed by atoms with Crippen molar-refractivity contribution in [3.05, 3.63) is 36.5 Å². The van der Waals surface area contributed by atoms with E-state index in [1.54, 1.807) is 26.2 Å². The molecule has 8 unspecified atom stereocenters. The third-order valence-electron chi connectivity index (χ3n) is 11.9. The van der Waals surface area contributed by atoms with Gasteiger partial charge in [0.1, 0.15) is 5.78 Å². The standard InChI is InChI=1S/C41H67N3O6/c1-10-29(4)38(43(7)40(48)32(28(2)3)26-36(46)41(6)23-17-24-42-41)35(49-8)27-37(47)44-25-16-21-33(44)39(50-9)30(5)34(45)22-15-20-31-18-13-11-12-14-19-31/h11-14,18-19,28-33,35,38-39,42H,10,15-17,20-27H2,1-9H3. The number of carbonyl (C=O) groups is 4. The summed E-state index contributed by atoms with van der Waals surface area (Å²) in [5, 5.41) is 3.35. The molecule has 3 aliphatic rings. The van der Waals surface area contributed by atoms with Crippen molar-refractivity contribution in [1.82, 2.24) is 15.1 Å². The Morgan fingerprint density at radius 2 is 1.66 bits per heavy atom. The highest BCUT2D eigenvalue weighted by molar-refractivity contribution is 5.92. The molecule has 9 nitrogen and oxygen atoms in total. The van der Waals surface area contributed by atoms with E-state index >= 15 is 0 Å². The third-order valence-corrected chi connectivity index (χ3v) is 11.9. The van der Waals surface area contributed by atoms with Gasteiger partial charge in [-0.1, -0.05) is 77.5 Å². The predicted molar refractivity (Wildman–Crippen MR) is 199 cm³/mol. The number of allylic oxidation sites excluding steroid dienone is 6. The summed E-state index contributed by atoms with van der Waals surface area (Å²) in [6.45, 7) is 13.5. The van der Waals surface area contributed by atoms with Crippen LogP contribution in [0.15, 0.2) is 36.5 Å². The van der Waals surface area contributed by atoms with Gasteiger partial charge in [-0.25, -0.2) is 0 Å². The zero-order valence-corrected chi connectivity index (χ0v) is 32.5. The van der Waals surface area contributed by atoms with E-state index in [1.807, 2.05) is 44.7 Å². The van der Waals surface area contributed by atoms with Gasteiger partial charge in [-0.15, -0.1) is 0 Å². The summed E-state index contributed by atoms with van der Waals surface area (Å²) < 4.78 is 12.0. The van der Waals surface area contributed by atoms with Gasteiger partial charge in [-0.05, 0) is 69.7 Å². The maximum Gasteiger partial charge on any atom is 0.226 e. The van der Waals surface area contributed by atoms with E-state index in [-0.39, 0.29) is 66.1 Å². The van der Waals surface area contributed by atoms with Crippen LogP contribution in [0.2, 0.25) is 0 Å². The lowest BCUT2D eigenvalue weighted by atomic mass is 9.82. The number of likely N-dealkylation sites (tertiary alicyclic amines) is 1. The molecule has 9 heteroatoms. The second kappa shape index (κ2) is 19.8. The first kappa shape index (κ1) is 41.8. The van der Waals surface area contributed by atoms with Crippen LogP contribution in [0.25, 0.3) is 0 Å². The van der Waals surface area contributed by atoms with Crippen LogP contribution >= 0.6 is 0 Å². The lowest BCUT2D eigenvalue weighted by Crippen LogP contribution is -2.54. The number of hydrogen-bond acceptors (Lipinski definition) is 7. The lowest BCUT2D eigenvalue weighted by Gasteiger charge is -2.41. The van der Waals surface area contributed by atoms with E-state index in [0.29, 0.717) is 18.9 Å². The summed E-state index contributed by atoms with van der Waals surface area (Å²) in [7, 11) is 5.05. The SMILES string of the molecule is CCC(C)C(C(CC(=O)N1CCCC1C(OC)C(C)C(=O)CCCC1C=CC=CC=C1)OC)N(C)C(=O)C(CC(=O)C1(C)CCCN1)C(C)C. The number of amides is 2. The highest BCUT2D eigenvalue weighted by Crippen LogP contribution is 2.32. The zero-order chi connectivity index (χ0) is 37.0. The molecular formula is C41H67N3O6. The molecule has 1 aliphatic carbocycles. The van der Waals surface area contributed by atoms with Crippen LogP contribution in [0, 0.1) is 29.6 Å². The molecule has 2 heterocycles. The summed E-state index contributed by atoms with van der Waals surface area (Å²) in [6, 6.07) is -0.558. The molecule has 3 rings (SSSR count). The fourth-order valence-electron chi connectivity index (χ4n) is 8.31. The van der Waals surface area contributed by atoms with Crippen molar-refractivity contribution < 1.29 is 28.7 Å². The molecule has 0 aromatic rings. The van der Waals surface area contributed by atoms with Gasteiger partial charge in [0.15, 0.2) is 5.78 Å². The quantitative estimate of drug-likeness (QED) is 0.159. The van der Waals surface area contributed by atoms with E-state index < -0.39 is 23.7 Å². The largest absolute Gasteiger partial charge is 0.379 e. The second-order valence-electron chi connectivity index (χ2n) is 15.6. The fraction of sp³-hybridized carbons (Fsp3) is 0.756. The minimum Gasteiger partial charge on any atom is -0.379 e. The van der Waals surface area contributed by atoms with Crippen molar-refractivity contribution in [3.8, 4) is 0 Å². The Kier molecular flexibility index (Phi) is 16.6. The van der Waals surface area contributed by atoms with Crippen LogP contribution < -0.4 is 5.32 Å². The first-order valence-electron chi connectivity index (χ1n) is 19.2. The first-order chi connectivity index (χ1) is 23.8. The molecule has 1 N–H and O–H groups in total. The average Bonchev–Trinajstić information content (AvgIpc) is 3.69. The molecule has 0 aromatic carbocycles. The van der Waals surface area contributed by atoms with E-state index in [4.69, 9.17) is 9.47 Å². The van der Waals surface area contributed by atoms with Gasteiger partial charge in [-0.2, -0.15) is 0 Å². The van der Waals surface area contributed by atoms with Crippen LogP contribution in [0.3, 0.4) is 0 Å². The summed E-state index contributed by atoms with van der Waals surface area (Å²) in [4.78, 5) is 58.8. The number of Topliss-reactive ketones (excluding diaryl/α,β-unsaturated/α-hetero) is 2. The van der Waals surface area contributed by atoms with Crippen molar-refractivity contribution in [2.24, 2.45) is 29.6 Å². The smallest absolute Gasteiger partial charge is 0.226 e. The molecule has 0 saturated carbocycles. The molecule has 50 heavy (non-hydrogen) atoms. The molecule has 0 spiro atoms. The Bertz CT molecular complexity index is 1200. The van der Waals surface area contributed by atoms with Gasteiger partial charge < -0.3 is 24.6 Å². The van der Waals surface area contributed by atoms with Crippen LogP contribution in [-0.4, -0.2) is 97.4 Å². The van der Waals surface area contributed by atoms with Crippen molar-refractivity contribution in [3.63, 3.8) is 0 Å². The molecule has 8 atom stereocenters. The van der Waals surface area contributed by atoms with E-state index in [2.05, 4.69) is 43.5 Å². The van der Waals surface area contributed by atoms with Crippen molar-refractivity contribution >= 4 is 23.4 Å². The van der Waals surface area contributed by atoms with Crippen molar-refractivity contribution in [1.29, 1.82) is 0 Å². The van der Waals surface area contributed by atoms with E-state index in [9.17, 15) is 19.2 Å². The number of methoxy groups -OCH3 is 2. The van der Waals surface area contributed by atoms with Gasteiger partial charge in [0, 0.05) is 52.5 Å². The fourth-order valence-corrected chi connectivity index (χ4v) is 8.31. The Morgan fingerprint density at radius 3 is 2.22 bits per heavy atom. The van der Waals surface area contributed by atoms with Crippen molar-refractivity contribution in [2.45, 2.75) is 136 Å². The van der Waals surface area contributed by atoms with Gasteiger partial charge >= 0.3 is 0 Å². The Morgan fingerprint density at radius 1 is 0.980 bits per heavy atom. The number of ketones is 2. The van der Waals surface area contributed by atoms with Crippen molar-refractivity contribution in [2.75, 3.05) is 34.4 Å². The summed E-state index contributed by atoms with van der Waals surface area (Å²) in [5.74, 6) is -0.330. The number of nitrogens with zero attached hydrogens (tertiary/aromatic N) is 2. The number of likely N-dealkylation sites (N-methyl/N-ethyl adjacent to an activating group) is 1. The molecule has 2 fully saturated rings. The number of rotatable bonds is 20. The molecular weight excluding hydrogens is 630 g/mol. The molecule has 2 amide bonds. The van der Waals surface area contributed by atoms with Gasteiger partial charge in [-0.3, -0.25) is 19.2 Å². The second-order valence-corrected chi connectivity index (χ2v) is 15.6. The van der Waals surface area contributed by atoms with Crippen LogP contribution in [0.5, 0.6) is 0 Å². The summed E-state index contributed by atoms with van der Waals surface area (Å²) in [5.41, 5.74) is -0.584. The van der Waals surface area contributed by atoms with Gasteiger partial charge in [0.25, 0.3) is 0 Å². The highest BCUT2D eigenvalue weighted by atomic mass is 16.5. The number of hydrogen-bond donors (Lipinski definition) is 1. The molecule has 0 bridgehead atoms. The minimum atomic E-state index is -0.584. The Labute approximate surface area is 302 Å². The number of ether oxygens (including phenoxy) is 2. The highest BCUT2D eigenvalue weighted by Gasteiger charge is 2.44. The normalized spacial score (nSPS) is 24.5. The van der Waals surface area contributed by atoms with Crippen LogP contribution in [-0.2, 0) is 28.7 Å². The van der Waals surface area contributed by atoms with Gasteiger partial charge in [0.05, 0.1) is 36.3 Å². The maximum atomic E-state index is 14.2. The van der Waals surface area contributed by atoms with Crippen LogP contribution in [0.1, 0.15) is 106 Å². The summed E-state index contributed by atoms with van der Waals surface area (Å²) >= 11 is 0. The number of nitrogens with one attached hydrogen (secondary N) is 1. The molecule has 2 saturated heterocycles. The Balaban J connectivity index is 1.70. The topological polar surface area (TPSA) is 105 Å². The average molecular weight is 698 g/mol. The monoisotopic (exact) mass is 698 g/mol. The lowest BCUT2D eigenvalue weighted by molar-refractivity contribution is -0.149. The third kappa shape index (κ3) is 10.7. The van der Waals surface area contributed by atoms with Gasteiger partial charge in [0.2, 0.25) is 11.8 Å². The predicted octanol–water partition coefficient (Wildman–Crippen LogP) is 6.32.